The molecule has 1 saturated heterocycles. The van der Waals surface area contributed by atoms with Crippen LogP contribution in [-0.2, 0) is 9.71 Å². The Morgan fingerprint density at radius 2 is 2.10 bits per heavy atom. The third-order valence-corrected chi connectivity index (χ3v) is 5.81. The average molecular weight is 311 g/mol. The molecule has 108 valence electrons. The number of rotatable bonds is 2. The van der Waals surface area contributed by atoms with E-state index in [1.54, 1.807) is 6.26 Å². The molecule has 1 atom stereocenters. The number of nitrogens with one attached hydrogen (secondary N) is 1. The summed E-state index contributed by atoms with van der Waals surface area (Å²) in [6.07, 6.45) is 5.86. The number of H-pyrrole nitrogens is 1. The first-order valence-electron chi connectivity index (χ1n) is 6.79. The first-order chi connectivity index (χ1) is 9.45. The summed E-state index contributed by atoms with van der Waals surface area (Å²) in [5.41, 5.74) is 2.44. The first-order valence-corrected chi connectivity index (χ1v) is 9.26. The molecule has 3 rings (SSSR count). The van der Waals surface area contributed by atoms with Gasteiger partial charge in [0.2, 0.25) is 0 Å². The Hall–Kier alpha value is -0.970. The van der Waals surface area contributed by atoms with Gasteiger partial charge in [0.1, 0.15) is 0 Å². The van der Waals surface area contributed by atoms with Gasteiger partial charge in [0.25, 0.3) is 0 Å². The molecule has 0 radical (unpaired) electrons. The maximum Gasteiger partial charge on any atom is 0.0471 e. The number of nitrogens with zero attached hydrogens (tertiary/aromatic N) is 1. The van der Waals surface area contributed by atoms with Crippen LogP contribution in [0.4, 0.5) is 0 Å². The van der Waals surface area contributed by atoms with Gasteiger partial charge in [-0.25, -0.2) is 4.31 Å². The van der Waals surface area contributed by atoms with Crippen molar-refractivity contribution < 1.29 is 4.21 Å². The summed E-state index contributed by atoms with van der Waals surface area (Å²) in [5.74, 6) is 4.29. The van der Waals surface area contributed by atoms with E-state index in [9.17, 15) is 4.21 Å². The summed E-state index contributed by atoms with van der Waals surface area (Å²) < 4.78 is 14.0. The van der Waals surface area contributed by atoms with Crippen molar-refractivity contribution in [3.63, 3.8) is 0 Å². The van der Waals surface area contributed by atoms with E-state index in [0.29, 0.717) is 5.92 Å². The third kappa shape index (κ3) is 2.60. The zero-order chi connectivity index (χ0) is 14.3. The quantitative estimate of drug-likeness (QED) is 0.849. The fourth-order valence-corrected chi connectivity index (χ4v) is 4.17. The maximum absolute atomic E-state index is 12.0. The Bertz CT molecular complexity index is 727. The van der Waals surface area contributed by atoms with Gasteiger partial charge in [-0.1, -0.05) is 17.7 Å². The number of aromatic amines is 1. The van der Waals surface area contributed by atoms with Crippen molar-refractivity contribution in [3.05, 3.63) is 35.0 Å². The normalized spacial score (nSPS) is 21.1. The van der Waals surface area contributed by atoms with Gasteiger partial charge in [-0.05, 0) is 42.3 Å². The van der Waals surface area contributed by atoms with E-state index >= 15 is 0 Å². The van der Waals surface area contributed by atoms with Gasteiger partial charge >= 0.3 is 0 Å². The Kier molecular flexibility index (Phi) is 3.56. The highest BCUT2D eigenvalue weighted by Gasteiger charge is 2.24. The van der Waals surface area contributed by atoms with Gasteiger partial charge in [-0.3, -0.25) is 4.21 Å². The van der Waals surface area contributed by atoms with Gasteiger partial charge in [-0.2, -0.15) is 0 Å². The summed E-state index contributed by atoms with van der Waals surface area (Å²) in [4.78, 5) is 3.30. The molecule has 1 aliphatic rings. The summed E-state index contributed by atoms with van der Waals surface area (Å²) in [6, 6.07) is 5.98. The van der Waals surface area contributed by atoms with Crippen LogP contribution in [0.5, 0.6) is 0 Å². The van der Waals surface area contributed by atoms with Gasteiger partial charge < -0.3 is 4.98 Å². The molecule has 2 aromatic rings. The Morgan fingerprint density at radius 3 is 2.75 bits per heavy atom. The predicted molar refractivity (Wildman–Crippen MR) is 88.0 cm³/mol. The number of piperidine rings is 1. The predicted octanol–water partition coefficient (Wildman–Crippen LogP) is 3.26. The second-order valence-electron chi connectivity index (χ2n) is 5.60. The van der Waals surface area contributed by atoms with Crippen molar-refractivity contribution in [2.45, 2.75) is 18.8 Å². The highest BCUT2D eigenvalue weighted by atomic mass is 35.5. The molecule has 1 fully saturated rings. The lowest BCUT2D eigenvalue weighted by molar-refractivity contribution is 0.335. The minimum atomic E-state index is -2.06. The van der Waals surface area contributed by atoms with Crippen LogP contribution in [0.15, 0.2) is 24.4 Å². The smallest absolute Gasteiger partial charge is 0.0471 e. The molecule has 1 aromatic heterocycles. The third-order valence-electron chi connectivity index (χ3n) is 4.12. The lowest BCUT2D eigenvalue weighted by Crippen LogP contribution is -2.36. The molecule has 1 aliphatic heterocycles. The minimum Gasteiger partial charge on any atom is -0.361 e. The minimum absolute atomic E-state index is 0.517. The van der Waals surface area contributed by atoms with Crippen molar-refractivity contribution in [2.75, 3.05) is 19.3 Å². The Labute approximate surface area is 125 Å². The fourth-order valence-electron chi connectivity index (χ4n) is 3.01. The van der Waals surface area contributed by atoms with E-state index in [0.717, 1.165) is 36.5 Å². The largest absolute Gasteiger partial charge is 0.361 e. The van der Waals surface area contributed by atoms with E-state index in [4.69, 9.17) is 11.6 Å². The number of hydrogen-bond acceptors (Lipinski definition) is 1. The highest BCUT2D eigenvalue weighted by molar-refractivity contribution is 7.97. The van der Waals surface area contributed by atoms with E-state index in [-0.39, 0.29) is 0 Å². The number of aromatic nitrogens is 1. The van der Waals surface area contributed by atoms with Gasteiger partial charge in [0, 0.05) is 51.2 Å². The zero-order valence-electron chi connectivity index (χ0n) is 11.6. The van der Waals surface area contributed by atoms with Crippen LogP contribution >= 0.6 is 11.6 Å². The lowest BCUT2D eigenvalue weighted by Gasteiger charge is -2.32. The van der Waals surface area contributed by atoms with Gasteiger partial charge in [-0.15, -0.1) is 0 Å². The first kappa shape index (κ1) is 14.0. The highest BCUT2D eigenvalue weighted by Crippen LogP contribution is 2.34. The lowest BCUT2D eigenvalue weighted by atomic mass is 9.90. The standard InChI is InChI=1S/C15H19ClN2OS/c1-20(2,19)18-7-5-11(6-8-18)14-10-17-15-9-12(16)3-4-13(14)15/h3-4,9-11,17H,1,5-8H2,2H3. The Balaban J connectivity index is 1.84. The molecule has 1 aromatic carbocycles. The van der Waals surface area contributed by atoms with Crippen molar-refractivity contribution in [1.29, 1.82) is 0 Å². The number of hydrogen-bond donors (Lipinski definition) is 1. The van der Waals surface area contributed by atoms with Crippen LogP contribution in [0.3, 0.4) is 0 Å². The molecule has 1 unspecified atom stereocenters. The average Bonchev–Trinajstić information content (AvgIpc) is 2.80. The van der Waals surface area contributed by atoms with Crippen molar-refractivity contribution in [1.82, 2.24) is 9.29 Å². The summed E-state index contributed by atoms with van der Waals surface area (Å²) in [5, 5.41) is 2.00. The number of halogens is 1. The number of fused-ring (bicyclic) bond motifs is 1. The van der Waals surface area contributed by atoms with E-state index in [1.807, 2.05) is 16.4 Å². The fraction of sp³-hybridized carbons (Fsp3) is 0.400. The maximum atomic E-state index is 12.0. The van der Waals surface area contributed by atoms with E-state index in [1.165, 1.54) is 10.9 Å². The van der Waals surface area contributed by atoms with Gasteiger partial charge in [0.15, 0.2) is 0 Å². The van der Waals surface area contributed by atoms with Crippen molar-refractivity contribution >= 4 is 38.1 Å². The summed E-state index contributed by atoms with van der Waals surface area (Å²) in [7, 11) is -2.06. The summed E-state index contributed by atoms with van der Waals surface area (Å²) >= 11 is 6.02. The molecular weight excluding hydrogens is 292 g/mol. The van der Waals surface area contributed by atoms with E-state index in [2.05, 4.69) is 23.1 Å². The molecule has 0 bridgehead atoms. The monoisotopic (exact) mass is 310 g/mol. The van der Waals surface area contributed by atoms with Crippen LogP contribution in [0, 0.1) is 0 Å². The van der Waals surface area contributed by atoms with Crippen LogP contribution in [0.1, 0.15) is 24.3 Å². The van der Waals surface area contributed by atoms with Crippen LogP contribution in [0.2, 0.25) is 5.02 Å². The molecule has 20 heavy (non-hydrogen) atoms. The second kappa shape index (κ2) is 5.10. The molecular formula is C15H19ClN2OS. The van der Waals surface area contributed by atoms with Crippen LogP contribution in [-0.4, -0.2) is 38.7 Å². The molecule has 2 heterocycles. The molecule has 0 aliphatic carbocycles. The second-order valence-corrected chi connectivity index (χ2v) is 8.47. The van der Waals surface area contributed by atoms with E-state index < -0.39 is 9.71 Å². The van der Waals surface area contributed by atoms with Crippen LogP contribution < -0.4 is 0 Å². The zero-order valence-corrected chi connectivity index (χ0v) is 13.1. The van der Waals surface area contributed by atoms with Crippen molar-refractivity contribution in [3.8, 4) is 0 Å². The molecule has 0 saturated carbocycles. The molecule has 0 spiro atoms. The molecule has 0 amide bonds. The SMILES string of the molecule is C=S(C)(=O)N1CCC(c2c[nH]c3cc(Cl)ccc23)CC1. The Morgan fingerprint density at radius 1 is 1.40 bits per heavy atom. The van der Waals surface area contributed by atoms with Crippen LogP contribution in [0.25, 0.3) is 10.9 Å². The van der Waals surface area contributed by atoms with Gasteiger partial charge in [0.05, 0.1) is 0 Å². The van der Waals surface area contributed by atoms with Crippen molar-refractivity contribution in [2.24, 2.45) is 0 Å². The molecule has 3 nitrogen and oxygen atoms in total. The molecule has 1 N–H and O–H groups in total. The number of benzene rings is 1. The summed E-state index contributed by atoms with van der Waals surface area (Å²) in [6.45, 7) is 1.70. The molecule has 5 heteroatoms. The topological polar surface area (TPSA) is 36.1 Å².